The molecule has 0 saturated carbocycles. The van der Waals surface area contributed by atoms with E-state index in [-0.39, 0.29) is 11.8 Å². The van der Waals surface area contributed by atoms with Crippen LogP contribution in [0, 0.1) is 0 Å². The van der Waals surface area contributed by atoms with Crippen molar-refractivity contribution >= 4 is 11.6 Å². The van der Waals surface area contributed by atoms with Gasteiger partial charge in [0.25, 0.3) is 0 Å². The predicted molar refractivity (Wildman–Crippen MR) is 112 cm³/mol. The SMILES string of the molecule is COc1ccc(CCc2nc(C3CC(=O)N(c4ccc5c(c4)OCCO5)C3)no2)cc1. The number of hydrogen-bond acceptors (Lipinski definition) is 7. The van der Waals surface area contributed by atoms with Gasteiger partial charge in [0.15, 0.2) is 17.3 Å². The Balaban J connectivity index is 1.23. The zero-order valence-corrected chi connectivity index (χ0v) is 17.2. The molecule has 3 heterocycles. The van der Waals surface area contributed by atoms with E-state index in [2.05, 4.69) is 10.1 Å². The van der Waals surface area contributed by atoms with Crippen molar-refractivity contribution in [2.75, 3.05) is 31.8 Å². The molecule has 0 spiro atoms. The van der Waals surface area contributed by atoms with Crippen molar-refractivity contribution in [1.29, 1.82) is 0 Å². The standard InChI is InChI=1S/C23H23N3O5/c1-28-18-6-2-15(3-7-18)4-9-21-24-23(25-31-21)16-12-22(27)26(14-16)17-5-8-19-20(13-17)30-11-10-29-19/h2-3,5-8,13,16H,4,9-12,14H2,1H3. The molecule has 2 aliphatic rings. The van der Waals surface area contributed by atoms with Crippen molar-refractivity contribution in [1.82, 2.24) is 10.1 Å². The van der Waals surface area contributed by atoms with Gasteiger partial charge in [-0.3, -0.25) is 4.79 Å². The van der Waals surface area contributed by atoms with E-state index in [1.807, 2.05) is 42.5 Å². The molecular weight excluding hydrogens is 398 g/mol. The van der Waals surface area contributed by atoms with Crippen LogP contribution in [0.4, 0.5) is 5.69 Å². The fraction of sp³-hybridized carbons (Fsp3) is 0.348. The van der Waals surface area contributed by atoms with Gasteiger partial charge in [0, 0.05) is 37.1 Å². The Labute approximate surface area is 179 Å². The van der Waals surface area contributed by atoms with Crippen LogP contribution in [-0.4, -0.2) is 42.9 Å². The van der Waals surface area contributed by atoms with Crippen LogP contribution in [0.15, 0.2) is 47.0 Å². The van der Waals surface area contributed by atoms with E-state index in [1.165, 1.54) is 5.56 Å². The number of fused-ring (bicyclic) bond motifs is 1. The van der Waals surface area contributed by atoms with Crippen LogP contribution in [0.5, 0.6) is 17.2 Å². The number of aryl methyl sites for hydroxylation is 2. The Morgan fingerprint density at radius 2 is 1.87 bits per heavy atom. The summed E-state index contributed by atoms with van der Waals surface area (Å²) in [6.07, 6.45) is 1.79. The van der Waals surface area contributed by atoms with Gasteiger partial charge in [0.2, 0.25) is 11.8 Å². The zero-order chi connectivity index (χ0) is 21.2. The molecule has 0 N–H and O–H groups in total. The summed E-state index contributed by atoms with van der Waals surface area (Å²) in [6, 6.07) is 13.5. The molecule has 160 valence electrons. The van der Waals surface area contributed by atoms with E-state index < -0.39 is 0 Å². The van der Waals surface area contributed by atoms with Crippen LogP contribution in [-0.2, 0) is 17.6 Å². The lowest BCUT2D eigenvalue weighted by Gasteiger charge is -2.22. The summed E-state index contributed by atoms with van der Waals surface area (Å²) in [6.45, 7) is 1.56. The van der Waals surface area contributed by atoms with Crippen molar-refractivity contribution < 1.29 is 23.5 Å². The summed E-state index contributed by atoms with van der Waals surface area (Å²) >= 11 is 0. The van der Waals surface area contributed by atoms with Crippen molar-refractivity contribution in [3.05, 3.63) is 59.7 Å². The Bertz CT molecular complexity index is 1080. The van der Waals surface area contributed by atoms with Crippen molar-refractivity contribution in [2.24, 2.45) is 0 Å². The Morgan fingerprint density at radius 3 is 2.68 bits per heavy atom. The normalized spacial score (nSPS) is 17.8. The summed E-state index contributed by atoms with van der Waals surface area (Å²) in [4.78, 5) is 18.9. The molecule has 2 aromatic carbocycles. The van der Waals surface area contributed by atoms with Crippen LogP contribution < -0.4 is 19.1 Å². The van der Waals surface area contributed by atoms with Gasteiger partial charge in [-0.1, -0.05) is 17.3 Å². The summed E-state index contributed by atoms with van der Waals surface area (Å²) in [7, 11) is 1.65. The number of nitrogens with zero attached hydrogens (tertiary/aromatic N) is 3. The topological polar surface area (TPSA) is 86.9 Å². The number of carbonyl (C=O) groups is 1. The number of carbonyl (C=O) groups excluding carboxylic acids is 1. The third-order valence-corrected chi connectivity index (χ3v) is 5.60. The lowest BCUT2D eigenvalue weighted by atomic mass is 10.1. The van der Waals surface area contributed by atoms with Crippen LogP contribution >= 0.6 is 0 Å². The minimum atomic E-state index is -0.0980. The molecule has 0 bridgehead atoms. The van der Waals surface area contributed by atoms with E-state index in [9.17, 15) is 4.79 Å². The fourth-order valence-corrected chi connectivity index (χ4v) is 3.91. The Morgan fingerprint density at radius 1 is 1.06 bits per heavy atom. The van der Waals surface area contributed by atoms with Gasteiger partial charge in [0.1, 0.15) is 19.0 Å². The first kappa shape index (κ1) is 19.4. The van der Waals surface area contributed by atoms with Gasteiger partial charge in [-0.25, -0.2) is 0 Å². The number of amides is 1. The number of benzene rings is 2. The maximum absolute atomic E-state index is 12.7. The van der Waals surface area contributed by atoms with Crippen LogP contribution in [0.1, 0.15) is 29.6 Å². The van der Waals surface area contributed by atoms with E-state index in [4.69, 9.17) is 18.7 Å². The Kier molecular flexibility index (Phi) is 5.19. The first-order valence-electron chi connectivity index (χ1n) is 10.3. The fourth-order valence-electron chi connectivity index (χ4n) is 3.91. The third kappa shape index (κ3) is 4.05. The van der Waals surface area contributed by atoms with E-state index in [0.29, 0.717) is 55.8 Å². The van der Waals surface area contributed by atoms with Crippen LogP contribution in [0.3, 0.4) is 0 Å². The van der Waals surface area contributed by atoms with Gasteiger partial charge in [0.05, 0.1) is 7.11 Å². The second-order valence-corrected chi connectivity index (χ2v) is 7.63. The van der Waals surface area contributed by atoms with Crippen molar-refractivity contribution in [3.8, 4) is 17.2 Å². The second kappa shape index (κ2) is 8.29. The van der Waals surface area contributed by atoms with Crippen LogP contribution in [0.25, 0.3) is 0 Å². The van der Waals surface area contributed by atoms with Gasteiger partial charge in [-0.05, 0) is 36.2 Å². The lowest BCUT2D eigenvalue weighted by molar-refractivity contribution is -0.117. The van der Waals surface area contributed by atoms with Gasteiger partial charge in [-0.15, -0.1) is 0 Å². The molecular formula is C23H23N3O5. The molecule has 1 saturated heterocycles. The molecule has 0 aliphatic carbocycles. The highest BCUT2D eigenvalue weighted by Gasteiger charge is 2.35. The number of methoxy groups -OCH3 is 1. The predicted octanol–water partition coefficient (Wildman–Crippen LogP) is 3.16. The zero-order valence-electron chi connectivity index (χ0n) is 17.2. The maximum Gasteiger partial charge on any atom is 0.227 e. The average molecular weight is 421 g/mol. The lowest BCUT2D eigenvalue weighted by Crippen LogP contribution is -2.25. The van der Waals surface area contributed by atoms with Crippen molar-refractivity contribution in [2.45, 2.75) is 25.2 Å². The largest absolute Gasteiger partial charge is 0.497 e. The summed E-state index contributed by atoms with van der Waals surface area (Å²) in [5.41, 5.74) is 1.96. The molecule has 1 fully saturated rings. The average Bonchev–Trinajstić information content (AvgIpc) is 3.44. The highest BCUT2D eigenvalue weighted by molar-refractivity contribution is 5.96. The third-order valence-electron chi connectivity index (χ3n) is 5.60. The van der Waals surface area contributed by atoms with E-state index in [1.54, 1.807) is 12.0 Å². The minimum Gasteiger partial charge on any atom is -0.497 e. The number of rotatable bonds is 6. The number of ether oxygens (including phenoxy) is 3. The van der Waals surface area contributed by atoms with Crippen molar-refractivity contribution in [3.63, 3.8) is 0 Å². The first-order chi connectivity index (χ1) is 15.2. The quantitative estimate of drug-likeness (QED) is 0.604. The second-order valence-electron chi connectivity index (χ2n) is 7.63. The molecule has 5 rings (SSSR count). The van der Waals surface area contributed by atoms with E-state index in [0.717, 1.165) is 17.9 Å². The molecule has 0 radical (unpaired) electrons. The van der Waals surface area contributed by atoms with Crippen LogP contribution in [0.2, 0.25) is 0 Å². The smallest absolute Gasteiger partial charge is 0.227 e. The summed E-state index contributed by atoms with van der Waals surface area (Å²) < 4.78 is 21.8. The monoisotopic (exact) mass is 421 g/mol. The molecule has 1 aromatic heterocycles. The maximum atomic E-state index is 12.7. The van der Waals surface area contributed by atoms with Gasteiger partial charge in [-0.2, -0.15) is 4.98 Å². The number of aromatic nitrogens is 2. The van der Waals surface area contributed by atoms with Gasteiger partial charge >= 0.3 is 0 Å². The molecule has 8 nitrogen and oxygen atoms in total. The first-order valence-corrected chi connectivity index (χ1v) is 10.3. The van der Waals surface area contributed by atoms with E-state index >= 15 is 0 Å². The highest BCUT2D eigenvalue weighted by atomic mass is 16.6. The minimum absolute atomic E-state index is 0.0336. The highest BCUT2D eigenvalue weighted by Crippen LogP contribution is 2.37. The summed E-state index contributed by atoms with van der Waals surface area (Å²) in [5, 5.41) is 4.14. The molecule has 3 aromatic rings. The Hall–Kier alpha value is -3.55. The molecule has 1 amide bonds. The number of hydrogen-bond donors (Lipinski definition) is 0. The molecule has 1 unspecified atom stereocenters. The van der Waals surface area contributed by atoms with Gasteiger partial charge < -0.3 is 23.6 Å². The molecule has 1 atom stereocenters. The molecule has 8 heteroatoms. The number of anilines is 1. The molecule has 31 heavy (non-hydrogen) atoms. The molecule has 2 aliphatic heterocycles. The summed E-state index contributed by atoms with van der Waals surface area (Å²) in [5.74, 6) is 3.30.